The van der Waals surface area contributed by atoms with Crippen LogP contribution in [-0.2, 0) is 16.6 Å². The molecule has 0 aliphatic heterocycles. The molecule has 0 radical (unpaired) electrons. The molecule has 3 rings (SSSR count). The molecule has 2 aromatic carbocycles. The molecule has 1 amide bonds. The maximum Gasteiger partial charge on any atom is 0.251 e. The van der Waals surface area contributed by atoms with Gasteiger partial charge in [-0.25, -0.2) is 13.1 Å². The van der Waals surface area contributed by atoms with Crippen molar-refractivity contribution in [3.05, 3.63) is 72.3 Å². The van der Waals surface area contributed by atoms with Crippen LogP contribution in [0.3, 0.4) is 0 Å². The molecule has 1 aliphatic rings. The number of sulfonamides is 1. The molecule has 0 saturated heterocycles. The zero-order valence-electron chi connectivity index (χ0n) is 16.3. The average molecular weight is 415 g/mol. The van der Waals surface area contributed by atoms with Crippen LogP contribution >= 0.6 is 0 Å². The van der Waals surface area contributed by atoms with Crippen molar-refractivity contribution in [2.24, 2.45) is 0 Å². The van der Waals surface area contributed by atoms with E-state index in [1.807, 2.05) is 24.3 Å². The number of benzene rings is 2. The summed E-state index contributed by atoms with van der Waals surface area (Å²) in [6.45, 7) is 3.97. The molecule has 0 heterocycles. The van der Waals surface area contributed by atoms with Crippen molar-refractivity contribution in [1.29, 1.82) is 0 Å². The summed E-state index contributed by atoms with van der Waals surface area (Å²) in [6, 6.07) is 13.5. The van der Waals surface area contributed by atoms with Gasteiger partial charge in [0.25, 0.3) is 5.91 Å². The van der Waals surface area contributed by atoms with Crippen LogP contribution in [0, 0.1) is 0 Å². The molecule has 2 aromatic rings. The van der Waals surface area contributed by atoms with E-state index < -0.39 is 10.0 Å². The largest absolute Gasteiger partial charge is 0.490 e. The maximum absolute atomic E-state index is 12.5. The van der Waals surface area contributed by atoms with Gasteiger partial charge in [-0.2, -0.15) is 0 Å². The summed E-state index contributed by atoms with van der Waals surface area (Å²) in [5, 5.41) is 2.88. The highest BCUT2D eigenvalue weighted by molar-refractivity contribution is 7.89. The van der Waals surface area contributed by atoms with Gasteiger partial charge in [-0.3, -0.25) is 4.79 Å². The summed E-state index contributed by atoms with van der Waals surface area (Å²) in [7, 11) is -3.61. The average Bonchev–Trinajstić information content (AvgIpc) is 3.24. The highest BCUT2D eigenvalue weighted by Crippen LogP contribution is 2.26. The lowest BCUT2D eigenvalue weighted by molar-refractivity contribution is 0.0950. The first-order valence-corrected chi connectivity index (χ1v) is 11.2. The predicted molar refractivity (Wildman–Crippen MR) is 112 cm³/mol. The Morgan fingerprint density at radius 3 is 2.48 bits per heavy atom. The number of rotatable bonds is 9. The molecule has 1 saturated carbocycles. The van der Waals surface area contributed by atoms with Crippen molar-refractivity contribution < 1.29 is 17.9 Å². The number of hydrogen-bond acceptors (Lipinski definition) is 4. The molecule has 1 aliphatic carbocycles. The molecule has 0 spiro atoms. The second kappa shape index (κ2) is 9.71. The van der Waals surface area contributed by atoms with Gasteiger partial charge in [-0.15, -0.1) is 6.58 Å². The molecule has 0 aromatic heterocycles. The Hall–Kier alpha value is -2.64. The molecule has 29 heavy (non-hydrogen) atoms. The molecule has 6 nitrogen and oxygen atoms in total. The van der Waals surface area contributed by atoms with E-state index in [1.165, 1.54) is 43.2 Å². The van der Waals surface area contributed by atoms with E-state index in [4.69, 9.17) is 4.74 Å². The molecule has 154 valence electrons. The number of carbonyl (C=O) groups excluding carboxylic acids is 1. The van der Waals surface area contributed by atoms with Gasteiger partial charge in [0.2, 0.25) is 10.0 Å². The normalized spacial score (nSPS) is 14.5. The van der Waals surface area contributed by atoms with Crippen LogP contribution in [0.15, 0.2) is 66.1 Å². The summed E-state index contributed by atoms with van der Waals surface area (Å²) >= 11 is 0. The number of hydrogen-bond donors (Lipinski definition) is 2. The zero-order chi connectivity index (χ0) is 20.7. The van der Waals surface area contributed by atoms with E-state index in [2.05, 4.69) is 16.6 Å². The lowest BCUT2D eigenvalue weighted by atomic mass is 10.1. The van der Waals surface area contributed by atoms with Crippen molar-refractivity contribution in [3.63, 3.8) is 0 Å². The van der Waals surface area contributed by atoms with Crippen LogP contribution in [0.5, 0.6) is 5.75 Å². The van der Waals surface area contributed by atoms with Crippen molar-refractivity contribution >= 4 is 15.9 Å². The second-order valence-electron chi connectivity index (χ2n) is 6.98. The van der Waals surface area contributed by atoms with Crippen LogP contribution in [0.2, 0.25) is 0 Å². The third-order valence-electron chi connectivity index (χ3n) is 4.85. The first kappa shape index (κ1) is 21.1. The Balaban J connectivity index is 1.62. The minimum atomic E-state index is -3.61. The standard InChI is InChI=1S/C22H26N2O4S/c1-2-15-24-29(26,27)20-13-11-17(12-14-20)22(25)23-16-18-7-3-6-10-21(18)28-19-8-4-5-9-19/h2-3,6-7,10-14,19,24H,1,4-5,8-9,15-16H2,(H,23,25). The summed E-state index contributed by atoms with van der Waals surface area (Å²) in [5.74, 6) is 0.526. The van der Waals surface area contributed by atoms with E-state index in [-0.39, 0.29) is 23.5 Å². The summed E-state index contributed by atoms with van der Waals surface area (Å²) in [6.07, 6.45) is 6.23. The zero-order valence-corrected chi connectivity index (χ0v) is 17.1. The molecule has 0 unspecified atom stereocenters. The smallest absolute Gasteiger partial charge is 0.251 e. The molecular formula is C22H26N2O4S. The van der Waals surface area contributed by atoms with Gasteiger partial charge < -0.3 is 10.1 Å². The lowest BCUT2D eigenvalue weighted by Gasteiger charge is -2.17. The number of amides is 1. The van der Waals surface area contributed by atoms with E-state index in [0.29, 0.717) is 12.1 Å². The second-order valence-corrected chi connectivity index (χ2v) is 8.75. The van der Waals surface area contributed by atoms with Crippen molar-refractivity contribution in [2.75, 3.05) is 6.54 Å². The number of ether oxygens (including phenoxy) is 1. The van der Waals surface area contributed by atoms with Gasteiger partial charge in [0.05, 0.1) is 11.0 Å². The van der Waals surface area contributed by atoms with Gasteiger partial charge in [-0.05, 0) is 56.0 Å². The van der Waals surface area contributed by atoms with Crippen LogP contribution in [0.4, 0.5) is 0 Å². The van der Waals surface area contributed by atoms with Crippen molar-refractivity contribution in [3.8, 4) is 5.75 Å². The van der Waals surface area contributed by atoms with Crippen molar-refractivity contribution in [1.82, 2.24) is 10.0 Å². The molecule has 2 N–H and O–H groups in total. The summed E-state index contributed by atoms with van der Waals surface area (Å²) < 4.78 is 32.7. The fourth-order valence-electron chi connectivity index (χ4n) is 3.27. The molecule has 7 heteroatoms. The van der Waals surface area contributed by atoms with Gasteiger partial charge in [-0.1, -0.05) is 24.3 Å². The Morgan fingerprint density at radius 1 is 1.10 bits per heavy atom. The lowest BCUT2D eigenvalue weighted by Crippen LogP contribution is -2.25. The van der Waals surface area contributed by atoms with E-state index >= 15 is 0 Å². The minimum Gasteiger partial charge on any atom is -0.490 e. The van der Waals surface area contributed by atoms with E-state index in [9.17, 15) is 13.2 Å². The first-order chi connectivity index (χ1) is 14.0. The van der Waals surface area contributed by atoms with Crippen LogP contribution in [0.1, 0.15) is 41.6 Å². The predicted octanol–water partition coefficient (Wildman–Crippen LogP) is 3.40. The van der Waals surface area contributed by atoms with Crippen LogP contribution in [0.25, 0.3) is 0 Å². The van der Waals surface area contributed by atoms with Gasteiger partial charge >= 0.3 is 0 Å². The highest BCUT2D eigenvalue weighted by atomic mass is 32.2. The minimum absolute atomic E-state index is 0.103. The van der Waals surface area contributed by atoms with Crippen LogP contribution in [-0.4, -0.2) is 27.0 Å². The Kier molecular flexibility index (Phi) is 7.06. The van der Waals surface area contributed by atoms with E-state index in [0.717, 1.165) is 24.2 Å². The maximum atomic E-state index is 12.5. The SMILES string of the molecule is C=CCNS(=O)(=O)c1ccc(C(=O)NCc2ccccc2OC2CCCC2)cc1. The summed E-state index contributed by atoms with van der Waals surface area (Å²) in [4.78, 5) is 12.6. The number of carbonyl (C=O) groups is 1. The molecule has 1 fully saturated rings. The Labute approximate surface area is 172 Å². The van der Waals surface area contributed by atoms with E-state index in [1.54, 1.807) is 0 Å². The van der Waals surface area contributed by atoms with Gasteiger partial charge in [0.15, 0.2) is 0 Å². The molecular weight excluding hydrogens is 388 g/mol. The number of para-hydroxylation sites is 1. The molecule has 0 atom stereocenters. The van der Waals surface area contributed by atoms with Gasteiger partial charge in [0.1, 0.15) is 5.75 Å². The fourth-order valence-corrected chi connectivity index (χ4v) is 4.26. The molecule has 0 bridgehead atoms. The Bertz CT molecular complexity index is 949. The summed E-state index contributed by atoms with van der Waals surface area (Å²) in [5.41, 5.74) is 1.31. The van der Waals surface area contributed by atoms with Gasteiger partial charge in [0, 0.05) is 24.2 Å². The van der Waals surface area contributed by atoms with Crippen LogP contribution < -0.4 is 14.8 Å². The van der Waals surface area contributed by atoms with Crippen molar-refractivity contribution in [2.45, 2.75) is 43.2 Å². The Morgan fingerprint density at radius 2 is 1.79 bits per heavy atom. The number of nitrogens with one attached hydrogen (secondary N) is 2. The monoisotopic (exact) mass is 414 g/mol. The third kappa shape index (κ3) is 5.68. The fraction of sp³-hybridized carbons (Fsp3) is 0.318. The first-order valence-electron chi connectivity index (χ1n) is 9.73. The quantitative estimate of drug-likeness (QED) is 0.616. The topological polar surface area (TPSA) is 84.5 Å². The highest BCUT2D eigenvalue weighted by Gasteiger charge is 2.18. The third-order valence-corrected chi connectivity index (χ3v) is 6.29.